The maximum Gasteiger partial charge on any atom is 0.336 e. The second kappa shape index (κ2) is 23.1. The Balaban J connectivity index is 2.88. The van der Waals surface area contributed by atoms with E-state index < -0.39 is 35.3 Å². The fourth-order valence-corrected chi connectivity index (χ4v) is 4.98. The van der Waals surface area contributed by atoms with Crippen molar-refractivity contribution in [3.05, 3.63) is 42.0 Å². The van der Waals surface area contributed by atoms with Gasteiger partial charge in [-0.1, -0.05) is 69.7 Å². The number of Topliss-reactive ketones (excluding diaryl/α,β-unsaturated/α-hetero) is 1. The molecule has 0 aromatic heterocycles. The fourth-order valence-electron chi connectivity index (χ4n) is 4.98. The van der Waals surface area contributed by atoms with E-state index in [0.29, 0.717) is 30.6 Å². The number of unbranched alkanes of at least 4 members (excludes halogenated alkanes) is 8. The SMILES string of the molecule is CCCCCCCC(=O)CCCCCC/C=C/[C@H](C(=O)N[C@@H](Cc1ccc(O)cc1)C(=O)NCCO)[C@@](O)(CCOC)C(=O)O. The maximum absolute atomic E-state index is 13.6. The van der Waals surface area contributed by atoms with E-state index in [-0.39, 0.29) is 38.3 Å². The van der Waals surface area contributed by atoms with Crippen LogP contribution in [0.2, 0.25) is 0 Å². The van der Waals surface area contributed by atoms with Gasteiger partial charge in [-0.05, 0) is 43.4 Å². The summed E-state index contributed by atoms with van der Waals surface area (Å²) in [6.07, 6.45) is 13.4. The predicted molar refractivity (Wildman–Crippen MR) is 172 cm³/mol. The highest BCUT2D eigenvalue weighted by atomic mass is 16.5. The number of carbonyl (C=O) groups excluding carboxylic acids is 3. The quantitative estimate of drug-likeness (QED) is 0.0652. The summed E-state index contributed by atoms with van der Waals surface area (Å²) in [5.74, 6) is -4.26. The van der Waals surface area contributed by atoms with Crippen molar-refractivity contribution in [3.63, 3.8) is 0 Å². The number of methoxy groups -OCH3 is 1. The number of hydrogen-bond donors (Lipinski definition) is 6. The minimum atomic E-state index is -2.50. The van der Waals surface area contributed by atoms with Gasteiger partial charge in [0, 0.05) is 45.9 Å². The summed E-state index contributed by atoms with van der Waals surface area (Å²) in [7, 11) is 1.35. The van der Waals surface area contributed by atoms with Crippen LogP contribution in [-0.2, 0) is 30.3 Å². The molecule has 0 fully saturated rings. The van der Waals surface area contributed by atoms with E-state index in [1.807, 2.05) is 0 Å². The Bertz CT molecular complexity index is 1040. The molecule has 254 valence electrons. The number of amides is 2. The van der Waals surface area contributed by atoms with Crippen LogP contribution < -0.4 is 10.6 Å². The number of allylic oxidation sites excluding steroid dienone is 1. The van der Waals surface area contributed by atoms with E-state index in [4.69, 9.17) is 9.84 Å². The van der Waals surface area contributed by atoms with Gasteiger partial charge in [0.1, 0.15) is 17.6 Å². The lowest BCUT2D eigenvalue weighted by Gasteiger charge is -2.31. The first-order chi connectivity index (χ1) is 21.6. The molecule has 2 amide bonds. The lowest BCUT2D eigenvalue weighted by atomic mass is 9.83. The van der Waals surface area contributed by atoms with Gasteiger partial charge in [-0.25, -0.2) is 4.79 Å². The fraction of sp³-hybridized carbons (Fsp3) is 0.647. The van der Waals surface area contributed by atoms with Gasteiger partial charge in [0.15, 0.2) is 5.60 Å². The van der Waals surface area contributed by atoms with Gasteiger partial charge in [-0.2, -0.15) is 0 Å². The van der Waals surface area contributed by atoms with E-state index in [0.717, 1.165) is 38.5 Å². The number of ether oxygens (including phenoxy) is 1. The number of ketones is 1. The number of carboxylic acids is 1. The molecule has 3 atom stereocenters. The van der Waals surface area contributed by atoms with Gasteiger partial charge in [0.05, 0.1) is 12.5 Å². The van der Waals surface area contributed by atoms with E-state index in [2.05, 4.69) is 17.6 Å². The Morgan fingerprint density at radius 3 is 2.13 bits per heavy atom. The molecular weight excluding hydrogens is 580 g/mol. The minimum Gasteiger partial charge on any atom is -0.508 e. The van der Waals surface area contributed by atoms with Gasteiger partial charge in [-0.15, -0.1) is 0 Å². The Morgan fingerprint density at radius 1 is 0.933 bits per heavy atom. The van der Waals surface area contributed by atoms with Crippen LogP contribution in [-0.4, -0.2) is 82.5 Å². The van der Waals surface area contributed by atoms with Crippen LogP contribution in [0.4, 0.5) is 0 Å². The first-order valence-electron chi connectivity index (χ1n) is 16.2. The van der Waals surface area contributed by atoms with Crippen molar-refractivity contribution in [2.24, 2.45) is 5.92 Å². The van der Waals surface area contributed by atoms with Gasteiger partial charge in [0.2, 0.25) is 11.8 Å². The molecule has 11 heteroatoms. The molecule has 0 spiro atoms. The normalized spacial score (nSPS) is 14.0. The van der Waals surface area contributed by atoms with Crippen LogP contribution in [0.25, 0.3) is 0 Å². The predicted octanol–water partition coefficient (Wildman–Crippen LogP) is 3.82. The van der Waals surface area contributed by atoms with Crippen LogP contribution in [0, 0.1) is 5.92 Å². The zero-order valence-corrected chi connectivity index (χ0v) is 27.0. The average molecular weight is 635 g/mol. The molecule has 0 saturated heterocycles. The van der Waals surface area contributed by atoms with Crippen LogP contribution >= 0.6 is 0 Å². The van der Waals surface area contributed by atoms with Crippen molar-refractivity contribution in [1.82, 2.24) is 10.6 Å². The highest BCUT2D eigenvalue weighted by molar-refractivity contribution is 5.93. The Labute approximate surface area is 267 Å². The van der Waals surface area contributed by atoms with Crippen molar-refractivity contribution < 1.29 is 44.3 Å². The molecular formula is C34H54N2O9. The molecule has 1 rings (SSSR count). The van der Waals surface area contributed by atoms with Crippen molar-refractivity contribution in [2.45, 2.75) is 108 Å². The van der Waals surface area contributed by atoms with Gasteiger partial charge in [0.25, 0.3) is 0 Å². The largest absolute Gasteiger partial charge is 0.508 e. The first kappa shape index (κ1) is 39.7. The van der Waals surface area contributed by atoms with Crippen molar-refractivity contribution in [3.8, 4) is 5.75 Å². The lowest BCUT2D eigenvalue weighted by Crippen LogP contribution is -2.56. The second-order valence-corrected chi connectivity index (χ2v) is 11.5. The number of phenolic OH excluding ortho intramolecular Hbond substituents is 1. The topological polar surface area (TPSA) is 182 Å². The van der Waals surface area contributed by atoms with E-state index in [1.54, 1.807) is 18.2 Å². The second-order valence-electron chi connectivity index (χ2n) is 11.5. The molecule has 0 bridgehead atoms. The number of nitrogens with one attached hydrogen (secondary N) is 2. The van der Waals surface area contributed by atoms with Crippen molar-refractivity contribution in [2.75, 3.05) is 26.9 Å². The van der Waals surface area contributed by atoms with Crippen LogP contribution in [0.5, 0.6) is 5.75 Å². The standard InChI is InChI=1S/C34H54N2O9/c1-3-4-5-8-11-14-27(38)15-12-9-6-7-10-13-16-29(34(44,33(42)43)21-24-45-2)31(40)36-30(32(41)35-22-23-37)25-26-17-19-28(39)20-18-26/h13,16-20,29-30,37,39,44H,3-12,14-15,21-25H2,1-2H3,(H,35,41)(H,36,40)(H,42,43)/b16-13+/t29-,30+,34+/m1/s1. The number of aliphatic carboxylic acids is 1. The van der Waals surface area contributed by atoms with E-state index in [1.165, 1.54) is 44.6 Å². The number of benzene rings is 1. The molecule has 0 aliphatic heterocycles. The Morgan fingerprint density at radius 2 is 1.56 bits per heavy atom. The number of aliphatic hydroxyl groups is 2. The first-order valence-corrected chi connectivity index (χ1v) is 16.2. The molecule has 0 heterocycles. The number of aromatic hydroxyl groups is 1. The van der Waals surface area contributed by atoms with Gasteiger partial charge in [-0.3, -0.25) is 14.4 Å². The summed E-state index contributed by atoms with van der Waals surface area (Å²) in [6.45, 7) is 1.68. The number of phenols is 1. The number of carbonyl (C=O) groups is 4. The van der Waals surface area contributed by atoms with Gasteiger partial charge < -0.3 is 35.8 Å². The van der Waals surface area contributed by atoms with Crippen LogP contribution in [0.3, 0.4) is 0 Å². The molecule has 0 aliphatic rings. The molecule has 1 aromatic carbocycles. The third kappa shape index (κ3) is 16.0. The summed E-state index contributed by atoms with van der Waals surface area (Å²) in [5, 5.41) is 45.0. The minimum absolute atomic E-state index is 0.0185. The summed E-state index contributed by atoms with van der Waals surface area (Å²) in [6, 6.07) is 4.90. The summed E-state index contributed by atoms with van der Waals surface area (Å²) in [4.78, 5) is 50.8. The average Bonchev–Trinajstić information content (AvgIpc) is 3.02. The van der Waals surface area contributed by atoms with Crippen molar-refractivity contribution in [1.29, 1.82) is 0 Å². The third-order valence-electron chi connectivity index (χ3n) is 7.74. The molecule has 45 heavy (non-hydrogen) atoms. The third-order valence-corrected chi connectivity index (χ3v) is 7.74. The Kier molecular flexibility index (Phi) is 20.4. The van der Waals surface area contributed by atoms with Crippen molar-refractivity contribution >= 4 is 23.6 Å². The monoisotopic (exact) mass is 634 g/mol. The number of carboxylic acid groups (broad SMARTS) is 1. The van der Waals surface area contributed by atoms with E-state index in [9.17, 15) is 34.5 Å². The number of rotatable bonds is 26. The molecule has 11 nitrogen and oxygen atoms in total. The zero-order chi connectivity index (χ0) is 33.5. The molecule has 0 saturated carbocycles. The number of hydrogen-bond acceptors (Lipinski definition) is 8. The summed E-state index contributed by atoms with van der Waals surface area (Å²) in [5.41, 5.74) is -1.89. The highest BCUT2D eigenvalue weighted by Crippen LogP contribution is 2.26. The highest BCUT2D eigenvalue weighted by Gasteiger charge is 2.47. The van der Waals surface area contributed by atoms with E-state index >= 15 is 0 Å². The Hall–Kier alpha value is -3.28. The number of aliphatic hydroxyl groups excluding tert-OH is 1. The molecule has 0 unspecified atom stereocenters. The summed E-state index contributed by atoms with van der Waals surface area (Å²) < 4.78 is 4.99. The molecule has 0 radical (unpaired) electrons. The zero-order valence-electron chi connectivity index (χ0n) is 27.0. The summed E-state index contributed by atoms with van der Waals surface area (Å²) >= 11 is 0. The smallest absolute Gasteiger partial charge is 0.336 e. The molecule has 1 aromatic rings. The molecule has 0 aliphatic carbocycles. The lowest BCUT2D eigenvalue weighted by molar-refractivity contribution is -0.168. The van der Waals surface area contributed by atoms with Gasteiger partial charge >= 0.3 is 5.97 Å². The maximum atomic E-state index is 13.6. The molecule has 6 N–H and O–H groups in total. The van der Waals surface area contributed by atoms with Crippen LogP contribution in [0.1, 0.15) is 96.0 Å². The van der Waals surface area contributed by atoms with Crippen LogP contribution in [0.15, 0.2) is 36.4 Å².